The smallest absolute Gasteiger partial charge is 0.228 e. The molecule has 228 valence electrons. The van der Waals surface area contributed by atoms with Gasteiger partial charge in [-0.3, -0.25) is 14.4 Å². The predicted molar refractivity (Wildman–Crippen MR) is 167 cm³/mol. The van der Waals surface area contributed by atoms with Crippen molar-refractivity contribution in [2.75, 3.05) is 0 Å². The molecule has 6 atom stereocenters. The maximum Gasteiger partial charge on any atom is 0.228 e. The van der Waals surface area contributed by atoms with Crippen molar-refractivity contribution in [3.8, 4) is 0 Å². The number of hydrogen-bond acceptors (Lipinski definition) is 4. The van der Waals surface area contributed by atoms with Crippen molar-refractivity contribution < 1.29 is 14.4 Å². The van der Waals surface area contributed by atoms with E-state index in [4.69, 9.17) is 11.6 Å². The Bertz CT molecular complexity index is 1030. The van der Waals surface area contributed by atoms with Crippen LogP contribution in [-0.4, -0.2) is 46.0 Å². The van der Waals surface area contributed by atoms with Crippen LogP contribution in [0.2, 0.25) is 0 Å². The Morgan fingerprint density at radius 3 is 2.17 bits per heavy atom. The van der Waals surface area contributed by atoms with Crippen LogP contribution < -0.4 is 5.32 Å². The fourth-order valence-corrected chi connectivity index (χ4v) is 8.27. The molecule has 2 saturated carbocycles. The number of nitrogens with one attached hydrogen (secondary N) is 1. The quantitative estimate of drug-likeness (QED) is 0.153. The first kappa shape index (κ1) is 32.2. The van der Waals surface area contributed by atoms with Crippen molar-refractivity contribution in [2.24, 2.45) is 11.8 Å². The van der Waals surface area contributed by atoms with Gasteiger partial charge >= 0.3 is 0 Å². The summed E-state index contributed by atoms with van der Waals surface area (Å²) in [7, 11) is 0. The Balaban J connectivity index is 1.62. The van der Waals surface area contributed by atoms with Crippen LogP contribution in [0.5, 0.6) is 0 Å². The molecule has 5 nitrogen and oxygen atoms in total. The van der Waals surface area contributed by atoms with Gasteiger partial charge in [-0.05, 0) is 50.5 Å². The number of amides is 1. The standard InChI is InChI=1S/C35H53ClN2O3/c1-4-23-35(6-3,38-31-18-14-10-8-12-16-28(31)34(38)41)33(40)27-15-11-7-9-13-17-30(27)37-29(5-2)32(39)26-21-19-25(24-36)20-22-26/h19-22,27-31,37H,4-18,23-24H2,1-3H3/t27-,28-,29?,30+,31+,35?/m1/s1. The molecule has 1 amide bonds. The van der Waals surface area contributed by atoms with E-state index >= 15 is 0 Å². The van der Waals surface area contributed by atoms with Gasteiger partial charge in [0, 0.05) is 29.4 Å². The molecular formula is C35H53ClN2O3. The molecule has 0 aromatic heterocycles. The molecule has 1 aliphatic heterocycles. The number of carbonyl (C=O) groups excluding carboxylic acids is 3. The third-order valence-corrected chi connectivity index (χ3v) is 10.7. The normalized spacial score (nSPS) is 27.7. The molecule has 3 aliphatic rings. The van der Waals surface area contributed by atoms with Crippen molar-refractivity contribution in [3.05, 3.63) is 35.4 Å². The van der Waals surface area contributed by atoms with Crippen LogP contribution in [0.15, 0.2) is 24.3 Å². The topological polar surface area (TPSA) is 66.5 Å². The minimum atomic E-state index is -0.737. The molecule has 2 unspecified atom stereocenters. The average molecular weight is 585 g/mol. The van der Waals surface area contributed by atoms with E-state index in [9.17, 15) is 14.4 Å². The minimum Gasteiger partial charge on any atom is -0.326 e. The first-order valence-corrected chi connectivity index (χ1v) is 17.3. The van der Waals surface area contributed by atoms with Gasteiger partial charge in [-0.1, -0.05) is 103 Å². The maximum absolute atomic E-state index is 15.0. The van der Waals surface area contributed by atoms with Gasteiger partial charge in [0.1, 0.15) is 5.54 Å². The van der Waals surface area contributed by atoms with Crippen LogP contribution in [0.1, 0.15) is 139 Å². The molecule has 1 saturated heterocycles. The highest BCUT2D eigenvalue weighted by Gasteiger charge is 2.58. The van der Waals surface area contributed by atoms with Crippen LogP contribution in [0.4, 0.5) is 0 Å². The number of likely N-dealkylation sites (tertiary alicyclic amines) is 1. The molecule has 41 heavy (non-hydrogen) atoms. The summed E-state index contributed by atoms with van der Waals surface area (Å²) >= 11 is 5.97. The van der Waals surface area contributed by atoms with E-state index < -0.39 is 5.54 Å². The first-order chi connectivity index (χ1) is 19.9. The summed E-state index contributed by atoms with van der Waals surface area (Å²) in [5.74, 6) is 0.884. The summed E-state index contributed by atoms with van der Waals surface area (Å²) in [5.41, 5.74) is 0.940. The number of benzene rings is 1. The number of fused-ring (bicyclic) bond motifs is 1. The molecule has 1 heterocycles. The first-order valence-electron chi connectivity index (χ1n) is 16.7. The van der Waals surface area contributed by atoms with Gasteiger partial charge in [0.25, 0.3) is 0 Å². The van der Waals surface area contributed by atoms with Crippen molar-refractivity contribution in [2.45, 2.75) is 153 Å². The SMILES string of the molecule is CCCC(CC)(C(=O)[C@@H]1CCCCCC[C@@H]1NC(CC)C(=O)c1ccc(CCl)cc1)N1C(=O)[C@@H]2CCCCCC[C@@H]21. The number of Topliss-reactive ketones (excluding diaryl/α,β-unsaturated/α-hetero) is 2. The molecule has 0 spiro atoms. The Kier molecular flexibility index (Phi) is 11.9. The fourth-order valence-electron chi connectivity index (χ4n) is 8.09. The van der Waals surface area contributed by atoms with Gasteiger partial charge in [-0.2, -0.15) is 0 Å². The molecule has 1 N–H and O–H groups in total. The van der Waals surface area contributed by atoms with Crippen LogP contribution >= 0.6 is 11.6 Å². The summed E-state index contributed by atoms with van der Waals surface area (Å²) < 4.78 is 0. The molecule has 0 radical (unpaired) electrons. The molecule has 1 aromatic carbocycles. The second kappa shape index (κ2) is 15.1. The van der Waals surface area contributed by atoms with E-state index in [0.717, 1.165) is 82.6 Å². The number of alkyl halides is 1. The fraction of sp³-hybridized carbons (Fsp3) is 0.743. The van der Waals surface area contributed by atoms with Gasteiger partial charge in [0.15, 0.2) is 11.6 Å². The Labute approximate surface area is 253 Å². The van der Waals surface area contributed by atoms with Crippen molar-refractivity contribution in [1.82, 2.24) is 10.2 Å². The Morgan fingerprint density at radius 1 is 0.927 bits per heavy atom. The second-order valence-electron chi connectivity index (χ2n) is 12.9. The molecule has 6 heteroatoms. The summed E-state index contributed by atoms with van der Waals surface area (Å²) in [6.07, 6.45) is 15.7. The van der Waals surface area contributed by atoms with Crippen molar-refractivity contribution in [3.63, 3.8) is 0 Å². The highest BCUT2D eigenvalue weighted by Crippen LogP contribution is 2.46. The minimum absolute atomic E-state index is 0.0638. The lowest BCUT2D eigenvalue weighted by atomic mass is 9.67. The zero-order chi connectivity index (χ0) is 29.4. The monoisotopic (exact) mass is 584 g/mol. The molecule has 0 bridgehead atoms. The van der Waals surface area contributed by atoms with Crippen molar-refractivity contribution >= 4 is 29.1 Å². The van der Waals surface area contributed by atoms with E-state index in [1.165, 1.54) is 12.8 Å². The van der Waals surface area contributed by atoms with E-state index in [1.54, 1.807) is 0 Å². The predicted octanol–water partition coefficient (Wildman–Crippen LogP) is 8.01. The van der Waals surface area contributed by atoms with Gasteiger partial charge < -0.3 is 10.2 Å². The maximum atomic E-state index is 15.0. The lowest BCUT2D eigenvalue weighted by Crippen LogP contribution is -2.73. The number of nitrogens with zero attached hydrogens (tertiary/aromatic N) is 1. The van der Waals surface area contributed by atoms with Crippen LogP contribution in [0.3, 0.4) is 0 Å². The van der Waals surface area contributed by atoms with Gasteiger partial charge in [0.05, 0.1) is 12.0 Å². The van der Waals surface area contributed by atoms with Gasteiger partial charge in [-0.15, -0.1) is 11.6 Å². The van der Waals surface area contributed by atoms with E-state index in [-0.39, 0.29) is 47.4 Å². The van der Waals surface area contributed by atoms with Gasteiger partial charge in [-0.25, -0.2) is 0 Å². The Hall–Kier alpha value is -1.72. The molecule has 4 rings (SSSR count). The number of hydrogen-bond donors (Lipinski definition) is 1. The third-order valence-electron chi connectivity index (χ3n) is 10.4. The number of halogens is 1. The van der Waals surface area contributed by atoms with Crippen molar-refractivity contribution in [1.29, 1.82) is 0 Å². The molecule has 1 aromatic rings. The van der Waals surface area contributed by atoms with Crippen LogP contribution in [0.25, 0.3) is 0 Å². The third kappa shape index (κ3) is 6.93. The Morgan fingerprint density at radius 2 is 1.56 bits per heavy atom. The van der Waals surface area contributed by atoms with E-state index in [1.807, 2.05) is 31.2 Å². The number of β-lactam (4-membered cyclic amide) rings is 1. The second-order valence-corrected chi connectivity index (χ2v) is 13.2. The molecular weight excluding hydrogens is 532 g/mol. The van der Waals surface area contributed by atoms with Crippen LogP contribution in [0, 0.1) is 11.8 Å². The van der Waals surface area contributed by atoms with Crippen LogP contribution in [-0.2, 0) is 15.5 Å². The lowest BCUT2D eigenvalue weighted by molar-refractivity contribution is -0.179. The summed E-state index contributed by atoms with van der Waals surface area (Å²) in [6.45, 7) is 6.31. The van der Waals surface area contributed by atoms with E-state index in [0.29, 0.717) is 24.3 Å². The largest absolute Gasteiger partial charge is 0.326 e. The van der Waals surface area contributed by atoms with Gasteiger partial charge in [0.2, 0.25) is 5.91 Å². The number of carbonyl (C=O) groups is 3. The highest BCUT2D eigenvalue weighted by molar-refractivity contribution is 6.17. The lowest BCUT2D eigenvalue weighted by Gasteiger charge is -2.58. The summed E-state index contributed by atoms with van der Waals surface area (Å²) in [4.78, 5) is 44.4. The summed E-state index contributed by atoms with van der Waals surface area (Å²) in [5, 5.41) is 3.73. The molecule has 2 aliphatic carbocycles. The number of ketones is 2. The zero-order valence-electron chi connectivity index (χ0n) is 25.8. The van der Waals surface area contributed by atoms with E-state index in [2.05, 4.69) is 24.1 Å². The molecule has 3 fully saturated rings. The zero-order valence-corrected chi connectivity index (χ0v) is 26.5. The number of rotatable bonds is 12. The summed E-state index contributed by atoms with van der Waals surface area (Å²) in [6, 6.07) is 7.37. The highest BCUT2D eigenvalue weighted by atomic mass is 35.5. The average Bonchev–Trinajstić information content (AvgIpc) is 2.97.